The van der Waals surface area contributed by atoms with Gasteiger partial charge in [0.15, 0.2) is 5.82 Å². The smallest absolute Gasteiger partial charge is 0.158 e. The molecule has 3 aromatic heterocycles. The third-order valence-corrected chi connectivity index (χ3v) is 5.11. The van der Waals surface area contributed by atoms with E-state index in [9.17, 15) is 0 Å². The Labute approximate surface area is 169 Å². The van der Waals surface area contributed by atoms with Crippen molar-refractivity contribution >= 4 is 17.2 Å². The van der Waals surface area contributed by atoms with E-state index in [4.69, 9.17) is 0 Å². The van der Waals surface area contributed by atoms with E-state index in [1.165, 1.54) is 11.1 Å². The summed E-state index contributed by atoms with van der Waals surface area (Å²) < 4.78 is 0. The lowest BCUT2D eigenvalue weighted by atomic mass is 10.1. The van der Waals surface area contributed by atoms with Crippen LogP contribution >= 0.6 is 0 Å². The lowest BCUT2D eigenvalue weighted by Gasteiger charge is -2.21. The maximum Gasteiger partial charge on any atom is 0.158 e. The normalized spacial score (nSPS) is 13.0. The van der Waals surface area contributed by atoms with Crippen LogP contribution in [-0.2, 0) is 13.0 Å². The maximum atomic E-state index is 4.64. The first-order valence-electron chi connectivity index (χ1n) is 9.72. The van der Waals surface area contributed by atoms with Gasteiger partial charge < -0.3 is 9.80 Å². The van der Waals surface area contributed by atoms with E-state index >= 15 is 0 Å². The average molecular weight is 382 g/mol. The van der Waals surface area contributed by atoms with Gasteiger partial charge in [-0.15, -0.1) is 0 Å². The van der Waals surface area contributed by atoms with Gasteiger partial charge in [0.05, 0.1) is 18.1 Å². The molecular formula is C23H22N6. The van der Waals surface area contributed by atoms with Gasteiger partial charge in [-0.3, -0.25) is 10.1 Å². The van der Waals surface area contributed by atoms with E-state index in [2.05, 4.69) is 72.4 Å². The Balaban J connectivity index is 1.39. The van der Waals surface area contributed by atoms with Crippen LogP contribution in [0.25, 0.3) is 0 Å². The highest BCUT2D eigenvalue weighted by Crippen LogP contribution is 2.39. The predicted molar refractivity (Wildman–Crippen MR) is 114 cm³/mol. The van der Waals surface area contributed by atoms with Gasteiger partial charge in [-0.2, -0.15) is 5.10 Å². The summed E-state index contributed by atoms with van der Waals surface area (Å²) in [6.07, 6.45) is 6.50. The largest absolute Gasteiger partial charge is 0.346 e. The molecule has 0 aliphatic carbocycles. The molecule has 144 valence electrons. The first kappa shape index (κ1) is 17.4. The lowest BCUT2D eigenvalue weighted by Crippen LogP contribution is -2.27. The van der Waals surface area contributed by atoms with Gasteiger partial charge in [0.2, 0.25) is 0 Å². The molecule has 5 rings (SSSR count). The van der Waals surface area contributed by atoms with Gasteiger partial charge in [-0.05, 0) is 48.4 Å². The van der Waals surface area contributed by atoms with Crippen molar-refractivity contribution in [2.45, 2.75) is 19.9 Å². The van der Waals surface area contributed by atoms with E-state index < -0.39 is 0 Å². The van der Waals surface area contributed by atoms with Crippen LogP contribution < -0.4 is 9.80 Å². The number of hydrogen-bond acceptors (Lipinski definition) is 5. The molecule has 4 aromatic rings. The number of aromatic amines is 1. The summed E-state index contributed by atoms with van der Waals surface area (Å²) >= 11 is 0. The van der Waals surface area contributed by atoms with Crippen LogP contribution in [0.3, 0.4) is 0 Å². The highest BCUT2D eigenvalue weighted by molar-refractivity contribution is 5.78. The summed E-state index contributed by atoms with van der Waals surface area (Å²) in [7, 11) is 0. The fourth-order valence-corrected chi connectivity index (χ4v) is 3.82. The van der Waals surface area contributed by atoms with Crippen molar-refractivity contribution in [2.75, 3.05) is 16.5 Å². The molecule has 0 unspecified atom stereocenters. The standard InChI is InChI=1S/C23H22N6/c1-17-10-20(27-26-17)12-18-11-19(14-24-13-18)15-28-16-29(21-6-3-2-4-7-21)23-22(28)8-5-9-25-23/h2-11,13-14H,12,15-16H2,1H3,(H,26,27). The van der Waals surface area contributed by atoms with Crippen molar-refractivity contribution in [2.24, 2.45) is 0 Å². The zero-order valence-corrected chi connectivity index (χ0v) is 16.3. The Morgan fingerprint density at radius 3 is 2.69 bits per heavy atom. The Morgan fingerprint density at radius 2 is 1.86 bits per heavy atom. The summed E-state index contributed by atoms with van der Waals surface area (Å²) in [6, 6.07) is 18.8. The number of para-hydroxylation sites is 1. The monoisotopic (exact) mass is 382 g/mol. The molecule has 1 aromatic carbocycles. The molecule has 0 saturated carbocycles. The lowest BCUT2D eigenvalue weighted by molar-refractivity contribution is 0.826. The Morgan fingerprint density at radius 1 is 1.00 bits per heavy atom. The third kappa shape index (κ3) is 3.57. The van der Waals surface area contributed by atoms with Crippen LogP contribution in [0.2, 0.25) is 0 Å². The molecule has 0 radical (unpaired) electrons. The van der Waals surface area contributed by atoms with Crippen molar-refractivity contribution in [1.82, 2.24) is 20.2 Å². The number of H-pyrrole nitrogens is 1. The number of rotatable bonds is 5. The van der Waals surface area contributed by atoms with E-state index in [1.807, 2.05) is 37.6 Å². The number of nitrogens with zero attached hydrogens (tertiary/aromatic N) is 5. The van der Waals surface area contributed by atoms with Crippen LogP contribution in [-0.4, -0.2) is 26.8 Å². The van der Waals surface area contributed by atoms with E-state index in [0.717, 1.165) is 48.2 Å². The van der Waals surface area contributed by atoms with E-state index in [-0.39, 0.29) is 0 Å². The molecule has 1 aliphatic heterocycles. The first-order chi connectivity index (χ1) is 14.3. The Bertz CT molecular complexity index is 1120. The fraction of sp³-hybridized carbons (Fsp3) is 0.174. The van der Waals surface area contributed by atoms with Crippen LogP contribution in [0.15, 0.2) is 73.2 Å². The molecule has 6 nitrogen and oxygen atoms in total. The van der Waals surface area contributed by atoms with Gasteiger partial charge in [0, 0.05) is 42.9 Å². The zero-order valence-electron chi connectivity index (χ0n) is 16.3. The average Bonchev–Trinajstić information content (AvgIpc) is 3.33. The number of nitrogens with one attached hydrogen (secondary N) is 1. The summed E-state index contributed by atoms with van der Waals surface area (Å²) in [5.41, 5.74) is 6.75. The summed E-state index contributed by atoms with van der Waals surface area (Å²) in [5, 5.41) is 7.34. The predicted octanol–water partition coefficient (Wildman–Crippen LogP) is 4.21. The fourth-order valence-electron chi connectivity index (χ4n) is 3.82. The van der Waals surface area contributed by atoms with Crippen LogP contribution in [0.1, 0.15) is 22.5 Å². The molecular weight excluding hydrogens is 360 g/mol. The molecule has 0 atom stereocenters. The molecule has 1 N–H and O–H groups in total. The second kappa shape index (κ2) is 7.39. The van der Waals surface area contributed by atoms with Gasteiger partial charge in [-0.1, -0.05) is 24.3 Å². The summed E-state index contributed by atoms with van der Waals surface area (Å²) in [5.74, 6) is 0.995. The Kier molecular flexibility index (Phi) is 4.44. The van der Waals surface area contributed by atoms with Crippen LogP contribution in [0, 0.1) is 6.92 Å². The van der Waals surface area contributed by atoms with Crippen molar-refractivity contribution in [3.63, 3.8) is 0 Å². The molecule has 29 heavy (non-hydrogen) atoms. The molecule has 1 aliphatic rings. The topological polar surface area (TPSA) is 60.9 Å². The van der Waals surface area contributed by atoms with Crippen molar-refractivity contribution in [3.05, 3.63) is 95.7 Å². The third-order valence-electron chi connectivity index (χ3n) is 5.11. The first-order valence-corrected chi connectivity index (χ1v) is 9.72. The molecule has 0 amide bonds. The quantitative estimate of drug-likeness (QED) is 0.560. The Hall–Kier alpha value is -3.67. The molecule has 6 heteroatoms. The number of anilines is 3. The second-order valence-corrected chi connectivity index (χ2v) is 7.37. The minimum absolute atomic E-state index is 0.763. The van der Waals surface area contributed by atoms with E-state index in [1.54, 1.807) is 0 Å². The number of fused-ring (bicyclic) bond motifs is 1. The van der Waals surface area contributed by atoms with Crippen molar-refractivity contribution in [1.29, 1.82) is 0 Å². The number of aryl methyl sites for hydroxylation is 1. The van der Waals surface area contributed by atoms with Gasteiger partial charge in [-0.25, -0.2) is 4.98 Å². The van der Waals surface area contributed by atoms with Crippen molar-refractivity contribution in [3.8, 4) is 0 Å². The molecule has 0 bridgehead atoms. The number of hydrogen-bond donors (Lipinski definition) is 1. The van der Waals surface area contributed by atoms with Gasteiger partial charge in [0.25, 0.3) is 0 Å². The number of pyridine rings is 2. The van der Waals surface area contributed by atoms with Crippen LogP contribution in [0.5, 0.6) is 0 Å². The molecule has 4 heterocycles. The zero-order chi connectivity index (χ0) is 19.6. The summed E-state index contributed by atoms with van der Waals surface area (Å²) in [6.45, 7) is 3.56. The minimum atomic E-state index is 0.763. The SMILES string of the molecule is Cc1cc(Cc2cncc(CN3CN(c4ccccc4)c4ncccc43)c2)n[nH]1. The number of aromatic nitrogens is 4. The minimum Gasteiger partial charge on any atom is -0.346 e. The van der Waals surface area contributed by atoms with Crippen molar-refractivity contribution < 1.29 is 0 Å². The highest BCUT2D eigenvalue weighted by atomic mass is 15.4. The molecule has 0 fully saturated rings. The second-order valence-electron chi connectivity index (χ2n) is 7.37. The molecule has 0 saturated heterocycles. The summed E-state index contributed by atoms with van der Waals surface area (Å²) in [4.78, 5) is 13.7. The van der Waals surface area contributed by atoms with E-state index in [0.29, 0.717) is 0 Å². The van der Waals surface area contributed by atoms with Gasteiger partial charge >= 0.3 is 0 Å². The molecule has 0 spiro atoms. The van der Waals surface area contributed by atoms with Gasteiger partial charge in [0.1, 0.15) is 0 Å². The maximum absolute atomic E-state index is 4.64. The highest BCUT2D eigenvalue weighted by Gasteiger charge is 2.27. The number of benzene rings is 1. The van der Waals surface area contributed by atoms with Crippen LogP contribution in [0.4, 0.5) is 17.2 Å².